The number of amides is 1. The van der Waals surface area contributed by atoms with Crippen molar-refractivity contribution in [1.82, 2.24) is 4.90 Å². The second kappa shape index (κ2) is 6.54. The van der Waals surface area contributed by atoms with Crippen molar-refractivity contribution in [3.05, 3.63) is 65.5 Å². The van der Waals surface area contributed by atoms with Gasteiger partial charge in [-0.2, -0.15) is 0 Å². The summed E-state index contributed by atoms with van der Waals surface area (Å²) in [7, 11) is 0. The largest absolute Gasteiger partial charge is 0.364 e. The lowest BCUT2D eigenvalue weighted by Gasteiger charge is -2.35. The lowest BCUT2D eigenvalue weighted by atomic mass is 9.87. The van der Waals surface area contributed by atoms with Crippen LogP contribution in [0.4, 0.5) is 18.9 Å². The van der Waals surface area contributed by atoms with E-state index >= 15 is 0 Å². The average molecular weight is 388 g/mol. The zero-order chi connectivity index (χ0) is 20.1. The van der Waals surface area contributed by atoms with Gasteiger partial charge in [-0.3, -0.25) is 4.79 Å². The van der Waals surface area contributed by atoms with Crippen LogP contribution in [0.5, 0.6) is 0 Å². The van der Waals surface area contributed by atoms with Gasteiger partial charge in [0.15, 0.2) is 11.6 Å². The Morgan fingerprint density at radius 1 is 1.04 bits per heavy atom. The van der Waals surface area contributed by atoms with Crippen LogP contribution in [0.3, 0.4) is 0 Å². The summed E-state index contributed by atoms with van der Waals surface area (Å²) in [6.45, 7) is 5.28. The maximum absolute atomic E-state index is 14.2. The summed E-state index contributed by atoms with van der Waals surface area (Å²) in [5.74, 6) is -2.87. The molecule has 4 rings (SSSR count). The molecule has 0 N–H and O–H groups in total. The molecule has 2 aromatic rings. The number of hydrogen-bond donors (Lipinski definition) is 0. The van der Waals surface area contributed by atoms with Gasteiger partial charge in [-0.05, 0) is 69.5 Å². The number of carbonyl (C=O) groups is 1. The van der Waals surface area contributed by atoms with Crippen molar-refractivity contribution in [2.24, 2.45) is 0 Å². The van der Waals surface area contributed by atoms with Gasteiger partial charge in [0.2, 0.25) is 0 Å². The van der Waals surface area contributed by atoms with Crippen LogP contribution >= 0.6 is 0 Å². The number of anilines is 1. The van der Waals surface area contributed by atoms with Gasteiger partial charge in [0.1, 0.15) is 5.82 Å². The van der Waals surface area contributed by atoms with E-state index in [-0.39, 0.29) is 16.9 Å². The molecular formula is C22H23F3N2O. The minimum absolute atomic E-state index is 0.223. The number of carbonyl (C=O) groups excluding carboxylic acids is 1. The first-order valence-corrected chi connectivity index (χ1v) is 9.53. The maximum Gasteiger partial charge on any atom is 0.257 e. The van der Waals surface area contributed by atoms with Gasteiger partial charge in [-0.15, -0.1) is 0 Å². The topological polar surface area (TPSA) is 23.6 Å². The van der Waals surface area contributed by atoms with Crippen LogP contribution in [0.25, 0.3) is 0 Å². The van der Waals surface area contributed by atoms with Gasteiger partial charge < -0.3 is 9.80 Å². The number of nitrogens with zero attached hydrogens (tertiary/aromatic N) is 2. The van der Waals surface area contributed by atoms with Crippen molar-refractivity contribution in [2.45, 2.75) is 44.2 Å². The molecule has 2 aromatic carbocycles. The predicted molar refractivity (Wildman–Crippen MR) is 102 cm³/mol. The van der Waals surface area contributed by atoms with Gasteiger partial charge in [0.05, 0.1) is 11.1 Å². The third kappa shape index (κ3) is 2.95. The minimum atomic E-state index is -1.10. The highest BCUT2D eigenvalue weighted by atomic mass is 19.2. The number of hydrogen-bond acceptors (Lipinski definition) is 2. The molecule has 0 aliphatic carbocycles. The number of rotatable bonds is 2. The molecule has 1 amide bonds. The molecule has 3 nitrogen and oxygen atoms in total. The molecule has 2 saturated heterocycles. The summed E-state index contributed by atoms with van der Waals surface area (Å²) in [4.78, 5) is 17.0. The lowest BCUT2D eigenvalue weighted by molar-refractivity contribution is 0.0611. The maximum atomic E-state index is 14.2. The van der Waals surface area contributed by atoms with Crippen molar-refractivity contribution >= 4 is 11.6 Å². The first-order valence-electron chi connectivity index (χ1n) is 9.53. The average Bonchev–Trinajstić information content (AvgIpc) is 3.17. The van der Waals surface area contributed by atoms with Gasteiger partial charge in [0.25, 0.3) is 5.91 Å². The summed E-state index contributed by atoms with van der Waals surface area (Å²) in [6, 6.07) is 10.0. The normalized spacial score (nSPS) is 23.6. The third-order valence-electron chi connectivity index (χ3n) is 6.11. The Morgan fingerprint density at radius 3 is 2.46 bits per heavy atom. The molecule has 2 heterocycles. The van der Waals surface area contributed by atoms with E-state index in [0.29, 0.717) is 19.5 Å². The molecular weight excluding hydrogens is 365 g/mol. The SMILES string of the molecule is CC1(C)CC2(CCCN2C(=O)c2cccc(F)c2F)CN1c1ccc(F)cc1. The van der Waals surface area contributed by atoms with Crippen LogP contribution in [-0.4, -0.2) is 35.0 Å². The fraction of sp³-hybridized carbons (Fsp3) is 0.409. The molecule has 0 aromatic heterocycles. The van der Waals surface area contributed by atoms with Crippen LogP contribution in [0.1, 0.15) is 43.5 Å². The Kier molecular flexibility index (Phi) is 4.40. The molecule has 28 heavy (non-hydrogen) atoms. The predicted octanol–water partition coefficient (Wildman–Crippen LogP) is 4.77. The van der Waals surface area contributed by atoms with E-state index in [0.717, 1.165) is 24.6 Å². The molecule has 1 unspecified atom stereocenters. The van der Waals surface area contributed by atoms with Crippen molar-refractivity contribution < 1.29 is 18.0 Å². The summed E-state index contributed by atoms with van der Waals surface area (Å²) in [5.41, 5.74) is -0.0478. The summed E-state index contributed by atoms with van der Waals surface area (Å²) in [5, 5.41) is 0. The molecule has 6 heteroatoms. The molecule has 2 aliphatic rings. The third-order valence-corrected chi connectivity index (χ3v) is 6.11. The summed E-state index contributed by atoms with van der Waals surface area (Å²) in [6.07, 6.45) is 2.33. The second-order valence-electron chi connectivity index (χ2n) is 8.44. The molecule has 1 spiro atoms. The first-order chi connectivity index (χ1) is 13.2. The van der Waals surface area contributed by atoms with Crippen molar-refractivity contribution in [1.29, 1.82) is 0 Å². The quantitative estimate of drug-likeness (QED) is 0.740. The van der Waals surface area contributed by atoms with Crippen molar-refractivity contribution in [3.63, 3.8) is 0 Å². The van der Waals surface area contributed by atoms with Crippen LogP contribution in [0.2, 0.25) is 0 Å². The van der Waals surface area contributed by atoms with E-state index in [4.69, 9.17) is 0 Å². The Labute approximate surface area is 162 Å². The molecule has 0 radical (unpaired) electrons. The molecule has 2 aliphatic heterocycles. The minimum Gasteiger partial charge on any atom is -0.364 e. The second-order valence-corrected chi connectivity index (χ2v) is 8.44. The zero-order valence-corrected chi connectivity index (χ0v) is 16.0. The van der Waals surface area contributed by atoms with E-state index in [1.165, 1.54) is 24.3 Å². The Hall–Kier alpha value is -2.50. The van der Waals surface area contributed by atoms with E-state index < -0.39 is 23.1 Å². The van der Waals surface area contributed by atoms with Crippen LogP contribution in [0.15, 0.2) is 42.5 Å². The highest BCUT2D eigenvalue weighted by molar-refractivity contribution is 5.95. The number of halogens is 3. The molecule has 1 atom stereocenters. The van der Waals surface area contributed by atoms with Crippen molar-refractivity contribution in [2.75, 3.05) is 18.0 Å². The highest BCUT2D eigenvalue weighted by Crippen LogP contribution is 2.47. The highest BCUT2D eigenvalue weighted by Gasteiger charge is 2.55. The van der Waals surface area contributed by atoms with Gasteiger partial charge in [-0.1, -0.05) is 6.07 Å². The Balaban J connectivity index is 1.68. The van der Waals surface area contributed by atoms with Gasteiger partial charge in [0, 0.05) is 24.3 Å². The van der Waals surface area contributed by atoms with Crippen LogP contribution < -0.4 is 4.90 Å². The Morgan fingerprint density at radius 2 is 1.75 bits per heavy atom. The number of likely N-dealkylation sites (tertiary alicyclic amines) is 1. The molecule has 0 saturated carbocycles. The smallest absolute Gasteiger partial charge is 0.257 e. The van der Waals surface area contributed by atoms with Gasteiger partial charge >= 0.3 is 0 Å². The first kappa shape index (κ1) is 18.8. The summed E-state index contributed by atoms with van der Waals surface area (Å²) < 4.78 is 41.2. The van der Waals surface area contributed by atoms with Crippen LogP contribution in [-0.2, 0) is 0 Å². The Bertz CT molecular complexity index is 912. The lowest BCUT2D eigenvalue weighted by Crippen LogP contribution is -2.49. The standard InChI is InChI=1S/C22H23F3N2O/c1-21(2)13-22(14-27(21)16-9-7-15(23)8-10-16)11-4-12-26(22)20(28)17-5-3-6-18(24)19(17)25/h3,5-10H,4,11-14H2,1-2H3. The molecule has 148 valence electrons. The summed E-state index contributed by atoms with van der Waals surface area (Å²) >= 11 is 0. The molecule has 0 bridgehead atoms. The van der Waals surface area contributed by atoms with E-state index in [1.54, 1.807) is 17.0 Å². The van der Waals surface area contributed by atoms with Crippen LogP contribution in [0, 0.1) is 17.5 Å². The van der Waals surface area contributed by atoms with E-state index in [9.17, 15) is 18.0 Å². The monoisotopic (exact) mass is 388 g/mol. The van der Waals surface area contributed by atoms with E-state index in [2.05, 4.69) is 18.7 Å². The van der Waals surface area contributed by atoms with E-state index in [1.807, 2.05) is 0 Å². The molecule has 2 fully saturated rings. The van der Waals surface area contributed by atoms with Crippen molar-refractivity contribution in [3.8, 4) is 0 Å². The zero-order valence-electron chi connectivity index (χ0n) is 16.0. The number of benzene rings is 2. The fourth-order valence-corrected chi connectivity index (χ4v) is 4.94. The van der Waals surface area contributed by atoms with Gasteiger partial charge in [-0.25, -0.2) is 13.2 Å². The fourth-order valence-electron chi connectivity index (χ4n) is 4.94.